The molecule has 13 nitrogen and oxygen atoms in total. The number of phenolic OH excluding ortho intramolecular Hbond substituents is 1. The number of carbonyl (C=O) groups is 5. The lowest BCUT2D eigenvalue weighted by molar-refractivity contribution is -0.159. The second-order valence-corrected chi connectivity index (χ2v) is 8.87. The average molecular weight is 540 g/mol. The van der Waals surface area contributed by atoms with Crippen LogP contribution in [0, 0.1) is 5.41 Å². The van der Waals surface area contributed by atoms with E-state index in [4.69, 9.17) is 16.2 Å². The Morgan fingerprint density at radius 2 is 1.69 bits per heavy atom. The standard InChI is InChI=1S/C26H29N5O8/c1-39-22(35)13-20-26(38)30(14-21(33)34)10-11-31(20)25(37)19(12-15-2-8-18(32)9-3-15)29-24(36)17-6-4-16(5-7-17)23(27)28/h2-9,19-20,32H,10-14H2,1H3,(H3,27,28)(H,29,36)(H,33,34)/t19-,20-/m0/s1. The van der Waals surface area contributed by atoms with Gasteiger partial charge in [-0.1, -0.05) is 24.3 Å². The van der Waals surface area contributed by atoms with Gasteiger partial charge in [-0.3, -0.25) is 29.4 Å². The summed E-state index contributed by atoms with van der Waals surface area (Å²) in [6, 6.07) is 9.35. The molecule has 1 fully saturated rings. The number of phenols is 1. The molecule has 0 saturated carbocycles. The van der Waals surface area contributed by atoms with E-state index in [2.05, 4.69) is 10.1 Å². The van der Waals surface area contributed by atoms with E-state index in [1.165, 1.54) is 36.4 Å². The summed E-state index contributed by atoms with van der Waals surface area (Å²) in [7, 11) is 1.13. The number of aliphatic carboxylic acids is 1. The number of aromatic hydroxyl groups is 1. The Bertz CT molecular complexity index is 1260. The molecule has 0 unspecified atom stereocenters. The number of amides is 3. The number of ether oxygens (including phenoxy) is 1. The van der Waals surface area contributed by atoms with Gasteiger partial charge in [-0.25, -0.2) is 0 Å². The summed E-state index contributed by atoms with van der Waals surface area (Å²) in [5.41, 5.74) is 6.66. The Balaban J connectivity index is 1.91. The van der Waals surface area contributed by atoms with E-state index in [1.807, 2.05) is 0 Å². The number of carboxylic acids is 1. The van der Waals surface area contributed by atoms with Crippen molar-refractivity contribution >= 4 is 35.5 Å². The van der Waals surface area contributed by atoms with Gasteiger partial charge in [0.1, 0.15) is 30.2 Å². The van der Waals surface area contributed by atoms with Crippen LogP contribution >= 0.6 is 0 Å². The Morgan fingerprint density at radius 1 is 1.08 bits per heavy atom. The highest BCUT2D eigenvalue weighted by atomic mass is 16.5. The first-order valence-corrected chi connectivity index (χ1v) is 11.9. The first-order chi connectivity index (χ1) is 18.5. The molecule has 0 aliphatic carbocycles. The van der Waals surface area contributed by atoms with Crippen LogP contribution in [-0.4, -0.2) is 94.3 Å². The highest BCUT2D eigenvalue weighted by Gasteiger charge is 2.41. The number of hydrogen-bond acceptors (Lipinski definition) is 8. The zero-order valence-corrected chi connectivity index (χ0v) is 21.1. The molecule has 1 aliphatic heterocycles. The number of carboxylic acid groups (broad SMARTS) is 1. The van der Waals surface area contributed by atoms with Crippen molar-refractivity contribution in [2.75, 3.05) is 26.7 Å². The quantitative estimate of drug-likeness (QED) is 0.153. The molecule has 1 heterocycles. The molecule has 206 valence electrons. The molecule has 2 aromatic carbocycles. The van der Waals surface area contributed by atoms with Crippen LogP contribution in [-0.2, 0) is 30.3 Å². The maximum Gasteiger partial charge on any atom is 0.323 e. The smallest absolute Gasteiger partial charge is 0.323 e. The van der Waals surface area contributed by atoms with Crippen LogP contribution in [0.3, 0.4) is 0 Å². The fourth-order valence-electron chi connectivity index (χ4n) is 4.17. The van der Waals surface area contributed by atoms with Gasteiger partial charge < -0.3 is 35.8 Å². The molecule has 3 amide bonds. The van der Waals surface area contributed by atoms with Crippen LogP contribution in [0.5, 0.6) is 5.75 Å². The molecule has 0 radical (unpaired) electrons. The third-order valence-corrected chi connectivity index (χ3v) is 6.22. The highest BCUT2D eigenvalue weighted by molar-refractivity contribution is 6.01. The third-order valence-electron chi connectivity index (χ3n) is 6.22. The number of nitrogens with zero attached hydrogens (tertiary/aromatic N) is 2. The van der Waals surface area contributed by atoms with Crippen LogP contribution in [0.25, 0.3) is 0 Å². The maximum absolute atomic E-state index is 13.8. The number of nitrogens with one attached hydrogen (secondary N) is 2. The highest BCUT2D eigenvalue weighted by Crippen LogP contribution is 2.19. The lowest BCUT2D eigenvalue weighted by atomic mass is 10.0. The molecule has 1 aliphatic rings. The van der Waals surface area contributed by atoms with Crippen LogP contribution in [0.2, 0.25) is 0 Å². The molecule has 3 rings (SSSR count). The fraction of sp³-hybridized carbons (Fsp3) is 0.308. The monoisotopic (exact) mass is 539 g/mol. The van der Waals surface area contributed by atoms with Gasteiger partial charge in [0.05, 0.1) is 13.5 Å². The number of amidine groups is 1. The predicted molar refractivity (Wildman–Crippen MR) is 137 cm³/mol. The van der Waals surface area contributed by atoms with Crippen molar-refractivity contribution in [2.24, 2.45) is 5.73 Å². The van der Waals surface area contributed by atoms with E-state index in [9.17, 15) is 29.1 Å². The van der Waals surface area contributed by atoms with Gasteiger partial charge in [-0.05, 0) is 29.8 Å². The molecule has 6 N–H and O–H groups in total. The molecule has 2 aromatic rings. The van der Waals surface area contributed by atoms with Gasteiger partial charge in [0, 0.05) is 30.6 Å². The summed E-state index contributed by atoms with van der Waals surface area (Å²) in [6.07, 6.45) is -0.506. The summed E-state index contributed by atoms with van der Waals surface area (Å²) in [5, 5.41) is 28.9. The number of carbonyl (C=O) groups excluding carboxylic acids is 4. The number of rotatable bonds is 10. The summed E-state index contributed by atoms with van der Waals surface area (Å²) in [6.45, 7) is -0.752. The Kier molecular flexibility index (Phi) is 9.20. The topological polar surface area (TPSA) is 203 Å². The molecule has 0 spiro atoms. The molecule has 39 heavy (non-hydrogen) atoms. The van der Waals surface area contributed by atoms with Crippen molar-refractivity contribution in [3.05, 3.63) is 65.2 Å². The minimum atomic E-state index is -1.33. The minimum absolute atomic E-state index is 0.00881. The number of benzene rings is 2. The second-order valence-electron chi connectivity index (χ2n) is 8.87. The molecule has 0 aromatic heterocycles. The summed E-state index contributed by atoms with van der Waals surface area (Å²) in [5.74, 6) is -4.17. The van der Waals surface area contributed by atoms with Crippen molar-refractivity contribution in [3.63, 3.8) is 0 Å². The number of methoxy groups -OCH3 is 1. The first-order valence-electron chi connectivity index (χ1n) is 11.9. The van der Waals surface area contributed by atoms with E-state index in [0.717, 1.165) is 16.9 Å². The zero-order valence-electron chi connectivity index (χ0n) is 21.1. The third kappa shape index (κ3) is 7.31. The average Bonchev–Trinajstić information content (AvgIpc) is 2.91. The van der Waals surface area contributed by atoms with Crippen LogP contribution in [0.4, 0.5) is 0 Å². The van der Waals surface area contributed by atoms with E-state index in [0.29, 0.717) is 11.1 Å². The van der Waals surface area contributed by atoms with Crippen LogP contribution in [0.1, 0.15) is 27.9 Å². The van der Waals surface area contributed by atoms with E-state index < -0.39 is 54.7 Å². The van der Waals surface area contributed by atoms with Gasteiger partial charge in [0.2, 0.25) is 11.8 Å². The molecular weight excluding hydrogens is 510 g/mol. The van der Waals surface area contributed by atoms with Gasteiger partial charge in [-0.15, -0.1) is 0 Å². The van der Waals surface area contributed by atoms with E-state index in [-0.39, 0.29) is 36.7 Å². The largest absolute Gasteiger partial charge is 0.508 e. The van der Waals surface area contributed by atoms with Gasteiger partial charge in [-0.2, -0.15) is 0 Å². The van der Waals surface area contributed by atoms with Crippen molar-refractivity contribution < 1.29 is 38.9 Å². The summed E-state index contributed by atoms with van der Waals surface area (Å²) < 4.78 is 4.68. The molecule has 1 saturated heterocycles. The number of hydrogen-bond donors (Lipinski definition) is 5. The lowest BCUT2D eigenvalue weighted by Gasteiger charge is -2.41. The van der Waals surface area contributed by atoms with Gasteiger partial charge in [0.15, 0.2) is 0 Å². The summed E-state index contributed by atoms with van der Waals surface area (Å²) >= 11 is 0. The Morgan fingerprint density at radius 3 is 2.26 bits per heavy atom. The van der Waals surface area contributed by atoms with Gasteiger partial charge >= 0.3 is 11.9 Å². The zero-order chi connectivity index (χ0) is 28.7. The van der Waals surface area contributed by atoms with E-state index >= 15 is 0 Å². The number of nitrogen functional groups attached to an aromatic ring is 1. The number of piperazine rings is 1. The fourth-order valence-corrected chi connectivity index (χ4v) is 4.17. The van der Waals surface area contributed by atoms with Crippen LogP contribution in [0.15, 0.2) is 48.5 Å². The van der Waals surface area contributed by atoms with Crippen molar-refractivity contribution in [3.8, 4) is 5.75 Å². The number of esters is 1. The lowest BCUT2D eigenvalue weighted by Crippen LogP contribution is -2.63. The molecular formula is C26H29N5O8. The maximum atomic E-state index is 13.8. The van der Waals surface area contributed by atoms with Crippen molar-refractivity contribution in [1.29, 1.82) is 5.41 Å². The Hall–Kier alpha value is -4.94. The predicted octanol–water partition coefficient (Wildman–Crippen LogP) is -0.296. The van der Waals surface area contributed by atoms with Crippen LogP contribution < -0.4 is 11.1 Å². The minimum Gasteiger partial charge on any atom is -0.508 e. The van der Waals surface area contributed by atoms with E-state index in [1.54, 1.807) is 12.1 Å². The molecule has 13 heteroatoms. The SMILES string of the molecule is COC(=O)C[C@H]1C(=O)N(CC(=O)O)CCN1C(=O)[C@H](Cc1ccc(O)cc1)NC(=O)c1ccc(C(=N)N)cc1. The second kappa shape index (κ2) is 12.5. The molecule has 2 atom stereocenters. The normalized spacial score (nSPS) is 15.8. The summed E-state index contributed by atoms with van der Waals surface area (Å²) in [4.78, 5) is 65.5. The molecule has 0 bridgehead atoms. The Labute approximate surface area is 223 Å². The van der Waals surface area contributed by atoms with Gasteiger partial charge in [0.25, 0.3) is 5.91 Å². The first kappa shape index (κ1) is 28.6. The van der Waals surface area contributed by atoms with Crippen molar-refractivity contribution in [2.45, 2.75) is 24.9 Å². The number of nitrogens with two attached hydrogens (primary N) is 1. The van der Waals surface area contributed by atoms with Crippen molar-refractivity contribution in [1.82, 2.24) is 15.1 Å².